The molecule has 214 valence electrons. The van der Waals surface area contributed by atoms with Gasteiger partial charge in [0, 0.05) is 18.8 Å². The number of alkyl halides is 3. The predicted molar refractivity (Wildman–Crippen MR) is 131 cm³/mol. The molecule has 3 heterocycles. The number of carbonyl (C=O) groups excluding carboxylic acids is 1. The average molecular weight is 578 g/mol. The van der Waals surface area contributed by atoms with Gasteiger partial charge in [-0.1, -0.05) is 0 Å². The van der Waals surface area contributed by atoms with Crippen molar-refractivity contribution in [2.75, 3.05) is 61.9 Å². The first-order valence-electron chi connectivity index (χ1n) is 12.0. The largest absolute Gasteiger partial charge is 0.454 e. The van der Waals surface area contributed by atoms with Crippen LogP contribution in [0.1, 0.15) is 23.2 Å². The van der Waals surface area contributed by atoms with E-state index in [0.717, 1.165) is 16.6 Å². The topological polar surface area (TPSA) is 139 Å². The number of sulfonamides is 1. The second kappa shape index (κ2) is 11.8. The second-order valence-electron chi connectivity index (χ2n) is 8.91. The molecule has 0 saturated carbocycles. The Hall–Kier alpha value is -3.31. The highest BCUT2D eigenvalue weighted by Gasteiger charge is 2.33. The van der Waals surface area contributed by atoms with Crippen LogP contribution >= 0.6 is 0 Å². The predicted octanol–water partition coefficient (Wildman–Crippen LogP) is 1.69. The van der Waals surface area contributed by atoms with Crippen LogP contribution in [0, 0.1) is 5.82 Å². The van der Waals surface area contributed by atoms with Crippen molar-refractivity contribution in [3.05, 3.63) is 29.6 Å². The van der Waals surface area contributed by atoms with Crippen molar-refractivity contribution in [1.82, 2.24) is 25.2 Å². The van der Waals surface area contributed by atoms with Crippen LogP contribution in [-0.2, 0) is 14.8 Å². The number of hydrogen-bond donors (Lipinski definition) is 2. The van der Waals surface area contributed by atoms with Crippen molar-refractivity contribution in [2.45, 2.75) is 25.1 Å². The quantitative estimate of drug-likeness (QED) is 0.446. The summed E-state index contributed by atoms with van der Waals surface area (Å²) in [4.78, 5) is 26.1. The lowest BCUT2D eigenvalue weighted by Crippen LogP contribution is -2.46. The van der Waals surface area contributed by atoms with E-state index < -0.39 is 52.5 Å². The van der Waals surface area contributed by atoms with Gasteiger partial charge in [0.15, 0.2) is 6.61 Å². The molecule has 2 saturated heterocycles. The summed E-state index contributed by atoms with van der Waals surface area (Å²) in [6, 6.07) is 2.18. The fraction of sp³-hybridized carbons (Fsp3) is 0.545. The molecule has 39 heavy (non-hydrogen) atoms. The number of nitrogens with zero attached hydrogens (tertiary/aromatic N) is 5. The monoisotopic (exact) mass is 577 g/mol. The summed E-state index contributed by atoms with van der Waals surface area (Å²) < 4.78 is 89.3. The second-order valence-corrected chi connectivity index (χ2v) is 10.8. The maximum absolute atomic E-state index is 14.5. The number of ether oxygens (including phenoxy) is 2. The van der Waals surface area contributed by atoms with Crippen LogP contribution < -0.4 is 19.7 Å². The Balaban J connectivity index is 1.68. The van der Waals surface area contributed by atoms with E-state index in [1.54, 1.807) is 0 Å². The van der Waals surface area contributed by atoms with Crippen LogP contribution in [0.5, 0.6) is 6.01 Å². The number of anilines is 3. The molecule has 2 fully saturated rings. The summed E-state index contributed by atoms with van der Waals surface area (Å²) in [6.45, 7) is 0.493. The lowest BCUT2D eigenvalue weighted by atomic mass is 10.1. The molecule has 0 bridgehead atoms. The van der Waals surface area contributed by atoms with Crippen molar-refractivity contribution >= 4 is 33.5 Å². The molecule has 17 heteroatoms. The molecule has 0 aliphatic carbocycles. The molecule has 0 spiro atoms. The maximum atomic E-state index is 14.5. The lowest BCUT2D eigenvalue weighted by molar-refractivity contribution is -0.154. The van der Waals surface area contributed by atoms with Gasteiger partial charge >= 0.3 is 12.2 Å². The van der Waals surface area contributed by atoms with Gasteiger partial charge in [0.05, 0.1) is 31.1 Å². The minimum Gasteiger partial charge on any atom is -0.454 e. The molecule has 2 aromatic rings. The summed E-state index contributed by atoms with van der Waals surface area (Å²) in [7, 11) is -3.97. The zero-order chi connectivity index (χ0) is 28.2. The van der Waals surface area contributed by atoms with E-state index in [2.05, 4.69) is 25.6 Å². The fourth-order valence-corrected chi connectivity index (χ4v) is 5.30. The van der Waals surface area contributed by atoms with Crippen LogP contribution in [0.2, 0.25) is 0 Å². The van der Waals surface area contributed by atoms with Crippen molar-refractivity contribution in [2.24, 2.45) is 0 Å². The highest BCUT2D eigenvalue weighted by molar-refractivity contribution is 7.92. The fourth-order valence-electron chi connectivity index (χ4n) is 4.17. The first-order chi connectivity index (χ1) is 18.4. The summed E-state index contributed by atoms with van der Waals surface area (Å²) >= 11 is 0. The van der Waals surface area contributed by atoms with E-state index in [0.29, 0.717) is 39.1 Å². The summed E-state index contributed by atoms with van der Waals surface area (Å²) in [5.74, 6) is -2.15. The third kappa shape index (κ3) is 7.63. The molecule has 1 aromatic heterocycles. The standard InChI is InChI=1S/C22H27F4N7O5S/c1-39(35,36)33(15-4-6-27-7-5-15)20-29-19(30-21(31-20)38-13-22(24,25)26)28-14-2-3-17(23)16(12-14)18(34)32-8-10-37-11-9-32/h2-3,12,15,27H,4-11,13H2,1H3,(H,28,29,30,31). The van der Waals surface area contributed by atoms with Gasteiger partial charge in [-0.2, -0.15) is 28.1 Å². The van der Waals surface area contributed by atoms with Crippen LogP contribution in [0.25, 0.3) is 0 Å². The van der Waals surface area contributed by atoms with Gasteiger partial charge < -0.3 is 25.0 Å². The SMILES string of the molecule is CS(=O)(=O)N(c1nc(Nc2ccc(F)c(C(=O)N3CCOCC3)c2)nc(OCC(F)(F)F)n1)C1CCNCC1. The van der Waals surface area contributed by atoms with Crippen LogP contribution in [0.3, 0.4) is 0 Å². The summed E-state index contributed by atoms with van der Waals surface area (Å²) in [6.07, 6.45) is -2.96. The Morgan fingerprint density at radius 3 is 2.54 bits per heavy atom. The third-order valence-electron chi connectivity index (χ3n) is 5.91. The van der Waals surface area contributed by atoms with Gasteiger partial charge in [-0.05, 0) is 44.1 Å². The molecule has 2 aliphatic heterocycles. The Morgan fingerprint density at radius 2 is 1.90 bits per heavy atom. The van der Waals surface area contributed by atoms with Crippen molar-refractivity contribution in [3.63, 3.8) is 0 Å². The maximum Gasteiger partial charge on any atom is 0.422 e. The van der Waals surface area contributed by atoms with Gasteiger partial charge in [-0.3, -0.25) is 4.79 Å². The molecule has 0 radical (unpaired) electrons. The summed E-state index contributed by atoms with van der Waals surface area (Å²) in [5.41, 5.74) is -0.128. The number of aromatic nitrogens is 3. The van der Waals surface area contributed by atoms with E-state index in [4.69, 9.17) is 9.47 Å². The Labute approximate surface area is 221 Å². The highest BCUT2D eigenvalue weighted by Crippen LogP contribution is 2.27. The van der Waals surface area contributed by atoms with E-state index >= 15 is 0 Å². The first-order valence-corrected chi connectivity index (χ1v) is 13.8. The normalized spacial score (nSPS) is 17.1. The number of piperidine rings is 1. The number of amides is 1. The van der Waals surface area contributed by atoms with Gasteiger partial charge in [0.2, 0.25) is 21.9 Å². The molecule has 0 unspecified atom stereocenters. The lowest BCUT2D eigenvalue weighted by Gasteiger charge is -2.32. The molecule has 2 N–H and O–H groups in total. The van der Waals surface area contributed by atoms with Gasteiger partial charge in [-0.15, -0.1) is 0 Å². The molecule has 0 atom stereocenters. The minimum absolute atomic E-state index is 0.125. The van der Waals surface area contributed by atoms with E-state index in [-0.39, 0.29) is 30.3 Å². The van der Waals surface area contributed by atoms with Crippen molar-refractivity contribution in [3.8, 4) is 6.01 Å². The molecule has 2 aliphatic rings. The van der Waals surface area contributed by atoms with Crippen molar-refractivity contribution < 1.29 is 40.2 Å². The molecular formula is C22H27F4N7O5S. The number of benzene rings is 1. The molecule has 12 nitrogen and oxygen atoms in total. The van der Waals surface area contributed by atoms with E-state index in [1.807, 2.05) is 0 Å². The third-order valence-corrected chi connectivity index (χ3v) is 7.09. The highest BCUT2D eigenvalue weighted by atomic mass is 32.2. The molecule has 1 aromatic carbocycles. The van der Waals surface area contributed by atoms with Crippen LogP contribution in [0.4, 0.5) is 35.1 Å². The zero-order valence-corrected chi connectivity index (χ0v) is 21.7. The number of nitrogens with one attached hydrogen (secondary N) is 2. The number of morpholine rings is 1. The Bertz CT molecular complexity index is 1290. The Kier molecular flexibility index (Phi) is 8.70. The van der Waals surface area contributed by atoms with Crippen LogP contribution in [0.15, 0.2) is 18.2 Å². The minimum atomic E-state index is -4.71. The average Bonchev–Trinajstić information content (AvgIpc) is 2.88. The molecule has 1 amide bonds. The molecule has 4 rings (SSSR count). The molecular weight excluding hydrogens is 550 g/mol. The van der Waals surface area contributed by atoms with E-state index in [9.17, 15) is 30.8 Å². The zero-order valence-electron chi connectivity index (χ0n) is 20.9. The number of halogens is 4. The van der Waals surface area contributed by atoms with Gasteiger partial charge in [0.1, 0.15) is 5.82 Å². The van der Waals surface area contributed by atoms with Crippen molar-refractivity contribution in [1.29, 1.82) is 0 Å². The number of hydrogen-bond acceptors (Lipinski definition) is 10. The number of carbonyl (C=O) groups is 1. The van der Waals surface area contributed by atoms with Gasteiger partial charge in [0.25, 0.3) is 5.91 Å². The van der Waals surface area contributed by atoms with E-state index in [1.165, 1.54) is 17.0 Å². The number of rotatable bonds is 8. The smallest absolute Gasteiger partial charge is 0.422 e. The summed E-state index contributed by atoms with van der Waals surface area (Å²) in [5, 5.41) is 5.80. The van der Waals surface area contributed by atoms with Gasteiger partial charge in [-0.25, -0.2) is 17.1 Å². The van der Waals surface area contributed by atoms with Crippen LogP contribution in [-0.4, -0.2) is 98.7 Å². The Morgan fingerprint density at radius 1 is 1.21 bits per heavy atom. The first kappa shape index (κ1) is 28.7.